The number of carbonyl (C=O) groups excluding carboxylic acids is 1. The quantitative estimate of drug-likeness (QED) is 0.356. The minimum atomic E-state index is -0.447. The highest BCUT2D eigenvalue weighted by Gasteiger charge is 2.07. The standard InChI is InChI=1S/C12H24O4/c1-11(15-2)16-12(14)9-7-5-3-4-6-8-10-13/h11,13H,3-10H2,1-2H3. The Morgan fingerprint density at radius 2 is 1.69 bits per heavy atom. The summed E-state index contributed by atoms with van der Waals surface area (Å²) in [4.78, 5) is 11.2. The molecule has 0 radical (unpaired) electrons. The summed E-state index contributed by atoms with van der Waals surface area (Å²) in [5.41, 5.74) is 0. The Morgan fingerprint density at radius 1 is 1.12 bits per heavy atom. The Morgan fingerprint density at radius 3 is 2.25 bits per heavy atom. The van der Waals surface area contributed by atoms with Crippen molar-refractivity contribution < 1.29 is 19.4 Å². The molecule has 1 N–H and O–H groups in total. The molecule has 1 atom stereocenters. The van der Waals surface area contributed by atoms with Gasteiger partial charge in [0, 0.05) is 20.1 Å². The van der Waals surface area contributed by atoms with Crippen LogP contribution < -0.4 is 0 Å². The van der Waals surface area contributed by atoms with Crippen molar-refractivity contribution in [1.82, 2.24) is 0 Å². The lowest BCUT2D eigenvalue weighted by atomic mass is 10.1. The second kappa shape index (κ2) is 10.9. The van der Waals surface area contributed by atoms with E-state index in [1.807, 2.05) is 0 Å². The molecule has 1 unspecified atom stereocenters. The SMILES string of the molecule is COC(C)OC(=O)CCCCCCCCO. The summed E-state index contributed by atoms with van der Waals surface area (Å²) in [5, 5.41) is 8.58. The van der Waals surface area contributed by atoms with Crippen molar-refractivity contribution in [2.75, 3.05) is 13.7 Å². The number of aliphatic hydroxyl groups is 1. The van der Waals surface area contributed by atoms with Gasteiger partial charge in [-0.05, 0) is 19.8 Å². The average molecular weight is 232 g/mol. The fraction of sp³-hybridized carbons (Fsp3) is 0.917. The summed E-state index contributed by atoms with van der Waals surface area (Å²) in [6, 6.07) is 0. The molecule has 0 amide bonds. The molecule has 0 aliphatic heterocycles. The molecule has 96 valence electrons. The van der Waals surface area contributed by atoms with Crippen LogP contribution in [0.4, 0.5) is 0 Å². The van der Waals surface area contributed by atoms with E-state index in [4.69, 9.17) is 14.6 Å². The maximum atomic E-state index is 11.2. The molecular weight excluding hydrogens is 208 g/mol. The molecule has 0 bridgehead atoms. The van der Waals surface area contributed by atoms with Gasteiger partial charge in [-0.25, -0.2) is 0 Å². The molecule has 4 heteroatoms. The van der Waals surface area contributed by atoms with E-state index in [-0.39, 0.29) is 12.6 Å². The van der Waals surface area contributed by atoms with E-state index < -0.39 is 6.29 Å². The first-order chi connectivity index (χ1) is 7.70. The normalized spacial score (nSPS) is 12.4. The van der Waals surface area contributed by atoms with Gasteiger partial charge in [0.2, 0.25) is 0 Å². The summed E-state index contributed by atoms with van der Waals surface area (Å²) in [5.74, 6) is -0.190. The van der Waals surface area contributed by atoms with Gasteiger partial charge in [0.25, 0.3) is 0 Å². The van der Waals surface area contributed by atoms with Crippen molar-refractivity contribution in [3.63, 3.8) is 0 Å². The van der Waals surface area contributed by atoms with E-state index in [0.717, 1.165) is 38.5 Å². The van der Waals surface area contributed by atoms with Crippen molar-refractivity contribution in [2.24, 2.45) is 0 Å². The highest BCUT2D eigenvalue weighted by atomic mass is 16.7. The van der Waals surface area contributed by atoms with Crippen LogP contribution in [0.15, 0.2) is 0 Å². The smallest absolute Gasteiger partial charge is 0.308 e. The second-order valence-corrected chi connectivity index (χ2v) is 3.89. The highest BCUT2D eigenvalue weighted by molar-refractivity contribution is 5.69. The molecule has 0 heterocycles. The van der Waals surface area contributed by atoms with Crippen molar-refractivity contribution in [2.45, 2.75) is 58.2 Å². The van der Waals surface area contributed by atoms with Gasteiger partial charge in [-0.3, -0.25) is 4.79 Å². The van der Waals surface area contributed by atoms with E-state index >= 15 is 0 Å². The Kier molecular flexibility index (Phi) is 10.5. The van der Waals surface area contributed by atoms with Crippen LogP contribution >= 0.6 is 0 Å². The van der Waals surface area contributed by atoms with Crippen LogP contribution in [-0.2, 0) is 14.3 Å². The molecule has 0 saturated carbocycles. The number of carbonyl (C=O) groups is 1. The molecule has 4 nitrogen and oxygen atoms in total. The van der Waals surface area contributed by atoms with Crippen LogP contribution in [0.3, 0.4) is 0 Å². The summed E-state index contributed by atoms with van der Waals surface area (Å²) in [6.07, 6.45) is 6.13. The summed E-state index contributed by atoms with van der Waals surface area (Å²) >= 11 is 0. The number of unbranched alkanes of at least 4 members (excludes halogenated alkanes) is 5. The Hall–Kier alpha value is -0.610. The molecule has 0 rings (SSSR count). The third-order valence-corrected chi connectivity index (χ3v) is 2.42. The van der Waals surface area contributed by atoms with Crippen LogP contribution in [0, 0.1) is 0 Å². The molecule has 0 fully saturated rings. The van der Waals surface area contributed by atoms with E-state index in [1.54, 1.807) is 6.92 Å². The Balaban J connectivity index is 3.21. The molecule has 16 heavy (non-hydrogen) atoms. The average Bonchev–Trinajstić information content (AvgIpc) is 2.27. The van der Waals surface area contributed by atoms with Crippen molar-refractivity contribution in [3.8, 4) is 0 Å². The number of methoxy groups -OCH3 is 1. The van der Waals surface area contributed by atoms with Crippen molar-refractivity contribution >= 4 is 5.97 Å². The molecule has 0 aromatic rings. The zero-order valence-electron chi connectivity index (χ0n) is 10.4. The van der Waals surface area contributed by atoms with Crippen LogP contribution in [0.5, 0.6) is 0 Å². The first kappa shape index (κ1) is 15.4. The molecule has 0 aromatic heterocycles. The summed E-state index contributed by atoms with van der Waals surface area (Å²) in [7, 11) is 1.51. The molecule has 0 aromatic carbocycles. The summed E-state index contributed by atoms with van der Waals surface area (Å²) < 4.78 is 9.78. The second-order valence-electron chi connectivity index (χ2n) is 3.89. The van der Waals surface area contributed by atoms with Gasteiger partial charge < -0.3 is 14.6 Å². The van der Waals surface area contributed by atoms with Crippen LogP contribution in [0.1, 0.15) is 51.9 Å². The first-order valence-electron chi connectivity index (χ1n) is 6.04. The number of hydrogen-bond donors (Lipinski definition) is 1. The van der Waals surface area contributed by atoms with Gasteiger partial charge in [-0.2, -0.15) is 0 Å². The third kappa shape index (κ3) is 9.93. The lowest BCUT2D eigenvalue weighted by Gasteiger charge is -2.10. The molecule has 0 spiro atoms. The molecule has 0 aliphatic rings. The van der Waals surface area contributed by atoms with Gasteiger partial charge in [0.15, 0.2) is 6.29 Å². The van der Waals surface area contributed by atoms with Crippen LogP contribution in [0.2, 0.25) is 0 Å². The first-order valence-corrected chi connectivity index (χ1v) is 6.04. The summed E-state index contributed by atoms with van der Waals surface area (Å²) in [6.45, 7) is 1.98. The minimum Gasteiger partial charge on any atom is -0.436 e. The van der Waals surface area contributed by atoms with Gasteiger partial charge in [0.05, 0.1) is 0 Å². The molecule has 0 saturated heterocycles. The fourth-order valence-corrected chi connectivity index (χ4v) is 1.38. The van der Waals surface area contributed by atoms with E-state index in [0.29, 0.717) is 6.42 Å². The van der Waals surface area contributed by atoms with E-state index in [2.05, 4.69) is 0 Å². The topological polar surface area (TPSA) is 55.8 Å². The van der Waals surface area contributed by atoms with Gasteiger partial charge in [0.1, 0.15) is 0 Å². The number of esters is 1. The monoisotopic (exact) mass is 232 g/mol. The number of rotatable bonds is 10. The van der Waals surface area contributed by atoms with E-state index in [9.17, 15) is 4.79 Å². The number of ether oxygens (including phenoxy) is 2. The number of hydrogen-bond acceptors (Lipinski definition) is 4. The van der Waals surface area contributed by atoms with Crippen LogP contribution in [-0.4, -0.2) is 31.1 Å². The lowest BCUT2D eigenvalue weighted by Crippen LogP contribution is -2.16. The van der Waals surface area contributed by atoms with Gasteiger partial charge in [-0.1, -0.05) is 25.7 Å². The van der Waals surface area contributed by atoms with Crippen molar-refractivity contribution in [1.29, 1.82) is 0 Å². The van der Waals surface area contributed by atoms with Gasteiger partial charge in [-0.15, -0.1) is 0 Å². The zero-order valence-corrected chi connectivity index (χ0v) is 10.4. The number of aliphatic hydroxyl groups excluding tert-OH is 1. The van der Waals surface area contributed by atoms with Crippen LogP contribution in [0.25, 0.3) is 0 Å². The lowest BCUT2D eigenvalue weighted by molar-refractivity contribution is -0.169. The Bertz CT molecular complexity index is 170. The Labute approximate surface area is 97.9 Å². The fourth-order valence-electron chi connectivity index (χ4n) is 1.38. The predicted octanol–water partition coefficient (Wildman–Crippen LogP) is 2.25. The molecule has 0 aliphatic carbocycles. The highest BCUT2D eigenvalue weighted by Crippen LogP contribution is 2.08. The van der Waals surface area contributed by atoms with Crippen molar-refractivity contribution in [3.05, 3.63) is 0 Å². The minimum absolute atomic E-state index is 0.190. The predicted molar refractivity (Wildman–Crippen MR) is 62.0 cm³/mol. The maximum absolute atomic E-state index is 11.2. The van der Waals surface area contributed by atoms with E-state index in [1.165, 1.54) is 7.11 Å². The van der Waals surface area contributed by atoms with Gasteiger partial charge >= 0.3 is 5.97 Å². The zero-order chi connectivity index (χ0) is 12.2. The third-order valence-electron chi connectivity index (χ3n) is 2.42. The molecular formula is C12H24O4. The largest absolute Gasteiger partial charge is 0.436 e. The maximum Gasteiger partial charge on any atom is 0.308 e.